The van der Waals surface area contributed by atoms with E-state index in [-0.39, 0.29) is 6.61 Å². The molecule has 0 aliphatic carbocycles. The Kier molecular flexibility index (Phi) is 7.19. The Bertz CT molecular complexity index is 779. The number of aliphatic hydroxyl groups excluding tert-OH is 1. The van der Waals surface area contributed by atoms with Crippen molar-refractivity contribution in [2.24, 2.45) is 0 Å². The molecule has 4 nitrogen and oxygen atoms in total. The highest BCUT2D eigenvalue weighted by molar-refractivity contribution is 7.80. The van der Waals surface area contributed by atoms with Gasteiger partial charge in [0, 0.05) is 44.8 Å². The van der Waals surface area contributed by atoms with Crippen molar-refractivity contribution in [3.63, 3.8) is 0 Å². The van der Waals surface area contributed by atoms with Crippen LogP contribution in [0.2, 0.25) is 0 Å². The molecular formula is C19H26N2O2S3. The van der Waals surface area contributed by atoms with Crippen molar-refractivity contribution < 1.29 is 10.2 Å². The van der Waals surface area contributed by atoms with Crippen molar-refractivity contribution in [1.29, 1.82) is 0 Å². The summed E-state index contributed by atoms with van der Waals surface area (Å²) in [4.78, 5) is 5.91. The lowest BCUT2D eigenvalue weighted by Gasteiger charge is -2.34. The van der Waals surface area contributed by atoms with Gasteiger partial charge in [0.05, 0.1) is 11.5 Å². The summed E-state index contributed by atoms with van der Waals surface area (Å²) in [6.45, 7) is 7.75. The second kappa shape index (κ2) is 9.39. The van der Waals surface area contributed by atoms with E-state index in [1.807, 2.05) is 12.1 Å². The Morgan fingerprint density at radius 2 is 1.85 bits per heavy atom. The standard InChI is InChI=1S/C19H26N2O2S3/c1-2-3-16-18(25-26-19(16)24)14-4-5-17(23)15(12-14)13-21-8-6-20(7-9-21)10-11-22/h4-5,12,22-23H,2-3,6-11,13H2,1H3. The van der Waals surface area contributed by atoms with Gasteiger partial charge in [-0.25, -0.2) is 0 Å². The quantitative estimate of drug-likeness (QED) is 0.534. The minimum absolute atomic E-state index is 0.218. The van der Waals surface area contributed by atoms with Crippen LogP contribution in [0.5, 0.6) is 5.75 Å². The second-order valence-electron chi connectivity index (χ2n) is 6.70. The van der Waals surface area contributed by atoms with E-state index in [0.29, 0.717) is 5.75 Å². The predicted octanol–water partition coefficient (Wildman–Crippen LogP) is 3.97. The summed E-state index contributed by atoms with van der Waals surface area (Å²) in [7, 11) is 3.42. The molecule has 0 atom stereocenters. The summed E-state index contributed by atoms with van der Waals surface area (Å²) in [6.07, 6.45) is 2.10. The molecule has 2 aromatic rings. The third-order valence-electron chi connectivity index (χ3n) is 4.84. The second-order valence-corrected chi connectivity index (χ2v) is 9.51. The number of rotatable bonds is 7. The van der Waals surface area contributed by atoms with Crippen LogP contribution < -0.4 is 0 Å². The zero-order valence-corrected chi connectivity index (χ0v) is 17.6. The number of phenolic OH excluding ortho intramolecular Hbond substituents is 1. The first-order valence-corrected chi connectivity index (χ1v) is 11.7. The van der Waals surface area contributed by atoms with Gasteiger partial charge in [-0.1, -0.05) is 46.2 Å². The zero-order chi connectivity index (χ0) is 18.5. The number of benzene rings is 1. The minimum Gasteiger partial charge on any atom is -0.508 e. The van der Waals surface area contributed by atoms with Crippen molar-refractivity contribution in [3.05, 3.63) is 33.1 Å². The molecule has 0 bridgehead atoms. The molecule has 26 heavy (non-hydrogen) atoms. The number of nitrogens with zero attached hydrogens (tertiary/aromatic N) is 2. The van der Waals surface area contributed by atoms with E-state index in [0.717, 1.165) is 67.1 Å². The molecule has 1 fully saturated rings. The summed E-state index contributed by atoms with van der Waals surface area (Å²) < 4.78 is 1.00. The van der Waals surface area contributed by atoms with Gasteiger partial charge < -0.3 is 10.2 Å². The van der Waals surface area contributed by atoms with E-state index < -0.39 is 0 Å². The molecule has 1 saturated heterocycles. The summed E-state index contributed by atoms with van der Waals surface area (Å²) in [5, 5.41) is 19.4. The van der Waals surface area contributed by atoms with E-state index in [1.165, 1.54) is 10.4 Å². The first-order chi connectivity index (χ1) is 12.6. The fraction of sp³-hybridized carbons (Fsp3) is 0.526. The van der Waals surface area contributed by atoms with Crippen molar-refractivity contribution >= 4 is 32.9 Å². The molecule has 2 heterocycles. The molecule has 0 amide bonds. The number of hydrogen-bond donors (Lipinski definition) is 2. The topological polar surface area (TPSA) is 46.9 Å². The largest absolute Gasteiger partial charge is 0.508 e. The monoisotopic (exact) mass is 410 g/mol. The van der Waals surface area contributed by atoms with E-state index in [1.54, 1.807) is 20.7 Å². The number of aliphatic hydroxyl groups is 1. The van der Waals surface area contributed by atoms with Gasteiger partial charge in [-0.3, -0.25) is 9.80 Å². The molecule has 3 rings (SSSR count). The first-order valence-electron chi connectivity index (χ1n) is 9.12. The summed E-state index contributed by atoms with van der Waals surface area (Å²) >= 11 is 5.51. The molecule has 7 heteroatoms. The molecule has 0 saturated carbocycles. The van der Waals surface area contributed by atoms with E-state index in [9.17, 15) is 5.11 Å². The molecule has 0 unspecified atom stereocenters. The fourth-order valence-electron chi connectivity index (χ4n) is 3.37. The van der Waals surface area contributed by atoms with Crippen LogP contribution >= 0.6 is 32.9 Å². The number of aromatic hydroxyl groups is 1. The van der Waals surface area contributed by atoms with Gasteiger partial charge in [0.25, 0.3) is 0 Å². The SMILES string of the molecule is CCCc1c(-c2ccc(O)c(CN3CCN(CCO)CC3)c2)ssc1=S. The minimum atomic E-state index is 0.218. The van der Waals surface area contributed by atoms with Crippen LogP contribution in [-0.4, -0.2) is 59.3 Å². The Hall–Kier alpha value is -0.830. The van der Waals surface area contributed by atoms with Crippen LogP contribution in [-0.2, 0) is 13.0 Å². The fourth-order valence-corrected chi connectivity index (χ4v) is 6.37. The molecule has 1 aromatic heterocycles. The lowest BCUT2D eigenvalue weighted by atomic mass is 10.0. The van der Waals surface area contributed by atoms with E-state index in [2.05, 4.69) is 22.8 Å². The lowest BCUT2D eigenvalue weighted by Crippen LogP contribution is -2.46. The third kappa shape index (κ3) is 4.71. The Morgan fingerprint density at radius 1 is 1.12 bits per heavy atom. The number of β-amino-alcohol motifs (C(OH)–C–C–N with tert-alkyl or cyclic N) is 1. The van der Waals surface area contributed by atoms with Gasteiger partial charge in [-0.2, -0.15) is 0 Å². The molecule has 0 radical (unpaired) electrons. The average molecular weight is 411 g/mol. The maximum absolute atomic E-state index is 10.3. The van der Waals surface area contributed by atoms with Crippen LogP contribution in [0.1, 0.15) is 24.5 Å². The molecule has 1 aromatic carbocycles. The Balaban J connectivity index is 1.76. The van der Waals surface area contributed by atoms with E-state index >= 15 is 0 Å². The normalized spacial score (nSPS) is 16.2. The van der Waals surface area contributed by atoms with Crippen LogP contribution in [0.4, 0.5) is 0 Å². The molecule has 1 aliphatic heterocycles. The van der Waals surface area contributed by atoms with Crippen LogP contribution in [0, 0.1) is 3.82 Å². The van der Waals surface area contributed by atoms with Gasteiger partial charge in [-0.05, 0) is 35.7 Å². The molecular weight excluding hydrogens is 384 g/mol. The van der Waals surface area contributed by atoms with Gasteiger partial charge in [-0.15, -0.1) is 0 Å². The highest BCUT2D eigenvalue weighted by Gasteiger charge is 2.18. The van der Waals surface area contributed by atoms with Crippen LogP contribution in [0.3, 0.4) is 0 Å². The Morgan fingerprint density at radius 3 is 2.54 bits per heavy atom. The number of phenols is 1. The average Bonchev–Trinajstić information content (AvgIpc) is 3.00. The maximum Gasteiger partial charge on any atom is 0.120 e. The third-order valence-corrected chi connectivity index (χ3v) is 8.03. The van der Waals surface area contributed by atoms with Crippen molar-refractivity contribution in [3.8, 4) is 16.2 Å². The van der Waals surface area contributed by atoms with E-state index in [4.69, 9.17) is 17.3 Å². The molecule has 1 aliphatic rings. The van der Waals surface area contributed by atoms with Gasteiger partial charge in [0.1, 0.15) is 9.57 Å². The molecule has 0 spiro atoms. The highest BCUT2D eigenvalue weighted by Crippen LogP contribution is 2.37. The summed E-state index contributed by atoms with van der Waals surface area (Å²) in [5.74, 6) is 0.363. The van der Waals surface area contributed by atoms with Crippen molar-refractivity contribution in [2.75, 3.05) is 39.3 Å². The van der Waals surface area contributed by atoms with Crippen LogP contribution in [0.25, 0.3) is 10.4 Å². The van der Waals surface area contributed by atoms with Gasteiger partial charge in [0.2, 0.25) is 0 Å². The van der Waals surface area contributed by atoms with Crippen molar-refractivity contribution in [1.82, 2.24) is 9.80 Å². The van der Waals surface area contributed by atoms with Gasteiger partial charge in [0.15, 0.2) is 0 Å². The summed E-state index contributed by atoms with van der Waals surface area (Å²) in [6, 6.07) is 5.95. The highest BCUT2D eigenvalue weighted by atomic mass is 32.9. The number of piperazine rings is 1. The summed E-state index contributed by atoms with van der Waals surface area (Å²) in [5.41, 5.74) is 3.43. The maximum atomic E-state index is 10.3. The molecule has 142 valence electrons. The zero-order valence-electron chi connectivity index (χ0n) is 15.1. The Labute approximate surface area is 167 Å². The number of hydrogen-bond acceptors (Lipinski definition) is 7. The lowest BCUT2D eigenvalue weighted by molar-refractivity contribution is 0.108. The predicted molar refractivity (Wildman–Crippen MR) is 113 cm³/mol. The van der Waals surface area contributed by atoms with Crippen LogP contribution in [0.15, 0.2) is 18.2 Å². The molecule has 2 N–H and O–H groups in total. The smallest absolute Gasteiger partial charge is 0.120 e. The first kappa shape index (κ1) is 19.9. The van der Waals surface area contributed by atoms with Crippen molar-refractivity contribution in [2.45, 2.75) is 26.3 Å². The van der Waals surface area contributed by atoms with Gasteiger partial charge >= 0.3 is 0 Å².